The van der Waals surface area contributed by atoms with Gasteiger partial charge in [0.1, 0.15) is 0 Å². The summed E-state index contributed by atoms with van der Waals surface area (Å²) < 4.78 is 6.60. The van der Waals surface area contributed by atoms with Gasteiger partial charge in [0.15, 0.2) is 5.58 Å². The quantitative estimate of drug-likeness (QED) is 0.531. The normalized spacial score (nSPS) is 15.1. The molecule has 152 valence electrons. The summed E-state index contributed by atoms with van der Waals surface area (Å²) in [5, 5.41) is 12.6. The number of aromatic amines is 1. The first-order valence-electron chi connectivity index (χ1n) is 10.2. The Morgan fingerprint density at radius 2 is 2.03 bits per heavy atom. The van der Waals surface area contributed by atoms with Crippen LogP contribution in [-0.2, 0) is 6.42 Å². The van der Waals surface area contributed by atoms with E-state index in [1.165, 1.54) is 15.6 Å². The molecule has 1 fully saturated rings. The van der Waals surface area contributed by atoms with Crippen molar-refractivity contribution >= 4 is 38.2 Å². The fraction of sp³-hybridized carbons (Fsp3) is 0.304. The van der Waals surface area contributed by atoms with E-state index in [0.717, 1.165) is 62.3 Å². The van der Waals surface area contributed by atoms with E-state index < -0.39 is 5.76 Å². The van der Waals surface area contributed by atoms with Crippen LogP contribution in [0.15, 0.2) is 51.0 Å². The van der Waals surface area contributed by atoms with Gasteiger partial charge in [-0.25, -0.2) is 4.79 Å². The number of hydrogen-bond acceptors (Lipinski definition) is 6. The van der Waals surface area contributed by atoms with Crippen LogP contribution in [0.5, 0.6) is 0 Å². The third-order valence-corrected chi connectivity index (χ3v) is 6.85. The standard InChI is InChI=1S/C23H22N4O2S/c24-14-16-6-7-21-18(13-16)17(15-30-21)3-2-8-26-9-11-27(12-10-26)20-5-1-4-19-22(20)29-23(28)25-19/h1,4-7,13,15H,2-3,8-12H2,(H,25,28). The predicted molar refractivity (Wildman–Crippen MR) is 120 cm³/mol. The number of nitrogens with zero attached hydrogens (tertiary/aromatic N) is 3. The lowest BCUT2D eigenvalue weighted by Gasteiger charge is -2.36. The van der Waals surface area contributed by atoms with Crippen molar-refractivity contribution in [3.63, 3.8) is 0 Å². The van der Waals surface area contributed by atoms with E-state index in [0.29, 0.717) is 5.58 Å². The number of benzene rings is 2. The molecular weight excluding hydrogens is 396 g/mol. The van der Waals surface area contributed by atoms with Gasteiger partial charge in [-0.15, -0.1) is 11.3 Å². The number of rotatable bonds is 5. The SMILES string of the molecule is N#Cc1ccc2scc(CCCN3CCN(c4cccc5[nH]c(=O)oc45)CC3)c2c1. The van der Waals surface area contributed by atoms with Crippen molar-refractivity contribution in [2.45, 2.75) is 12.8 Å². The number of piperazine rings is 1. The number of nitrogens with one attached hydrogen (secondary N) is 1. The number of fused-ring (bicyclic) bond motifs is 2. The number of hydrogen-bond donors (Lipinski definition) is 1. The monoisotopic (exact) mass is 418 g/mol. The van der Waals surface area contributed by atoms with Crippen LogP contribution in [0.25, 0.3) is 21.2 Å². The first-order valence-corrected chi connectivity index (χ1v) is 11.1. The van der Waals surface area contributed by atoms with Crippen LogP contribution in [0.1, 0.15) is 17.5 Å². The highest BCUT2D eigenvalue weighted by molar-refractivity contribution is 7.17. The molecule has 0 atom stereocenters. The molecule has 7 heteroatoms. The number of H-pyrrole nitrogens is 1. The smallest absolute Gasteiger partial charge is 0.406 e. The lowest BCUT2D eigenvalue weighted by Crippen LogP contribution is -2.46. The molecule has 0 radical (unpaired) electrons. The van der Waals surface area contributed by atoms with Crippen LogP contribution in [0.4, 0.5) is 5.69 Å². The molecule has 1 saturated heterocycles. The fourth-order valence-electron chi connectivity index (χ4n) is 4.26. The van der Waals surface area contributed by atoms with Gasteiger partial charge in [0.2, 0.25) is 0 Å². The van der Waals surface area contributed by atoms with E-state index in [1.54, 1.807) is 11.3 Å². The van der Waals surface area contributed by atoms with Gasteiger partial charge >= 0.3 is 5.76 Å². The number of nitriles is 1. The van der Waals surface area contributed by atoms with E-state index >= 15 is 0 Å². The summed E-state index contributed by atoms with van der Waals surface area (Å²) in [5.74, 6) is -0.404. The van der Waals surface area contributed by atoms with Crippen molar-refractivity contribution in [3.05, 3.63) is 63.5 Å². The van der Waals surface area contributed by atoms with Crippen LogP contribution in [0.2, 0.25) is 0 Å². The molecule has 2 aromatic heterocycles. The Labute approximate surface area is 177 Å². The summed E-state index contributed by atoms with van der Waals surface area (Å²) >= 11 is 1.76. The van der Waals surface area contributed by atoms with E-state index in [-0.39, 0.29) is 0 Å². The lowest BCUT2D eigenvalue weighted by molar-refractivity contribution is 0.255. The molecule has 0 saturated carbocycles. The van der Waals surface area contributed by atoms with Crippen molar-refractivity contribution in [1.29, 1.82) is 5.26 Å². The molecule has 0 unspecified atom stereocenters. The van der Waals surface area contributed by atoms with Crippen LogP contribution in [0, 0.1) is 11.3 Å². The summed E-state index contributed by atoms with van der Waals surface area (Å²) in [6, 6.07) is 14.0. The molecule has 30 heavy (non-hydrogen) atoms. The number of thiophene rings is 1. The number of para-hydroxylation sites is 1. The van der Waals surface area contributed by atoms with Crippen molar-refractivity contribution in [3.8, 4) is 6.07 Å². The Balaban J connectivity index is 1.18. The molecule has 6 nitrogen and oxygen atoms in total. The minimum absolute atomic E-state index is 0.404. The second-order valence-electron chi connectivity index (χ2n) is 7.68. The molecule has 0 spiro atoms. The van der Waals surface area contributed by atoms with Crippen molar-refractivity contribution in [1.82, 2.24) is 9.88 Å². The van der Waals surface area contributed by atoms with Gasteiger partial charge < -0.3 is 9.32 Å². The molecule has 1 N–H and O–H groups in total. The number of aryl methyl sites for hydroxylation is 1. The average molecular weight is 419 g/mol. The lowest BCUT2D eigenvalue weighted by atomic mass is 10.1. The summed E-state index contributed by atoms with van der Waals surface area (Å²) in [6.45, 7) is 4.89. The molecule has 4 aromatic rings. The van der Waals surface area contributed by atoms with E-state index in [1.807, 2.05) is 30.3 Å². The predicted octanol–water partition coefficient (Wildman–Crippen LogP) is 3.96. The van der Waals surface area contributed by atoms with Gasteiger partial charge in [-0.1, -0.05) is 6.07 Å². The van der Waals surface area contributed by atoms with Gasteiger partial charge in [-0.3, -0.25) is 9.88 Å². The molecule has 1 aliphatic rings. The second-order valence-corrected chi connectivity index (χ2v) is 8.60. The summed E-state index contributed by atoms with van der Waals surface area (Å²) in [6.07, 6.45) is 2.13. The molecule has 5 rings (SSSR count). The molecule has 0 bridgehead atoms. The third-order valence-electron chi connectivity index (χ3n) is 5.84. The highest BCUT2D eigenvalue weighted by atomic mass is 32.1. The van der Waals surface area contributed by atoms with Gasteiger partial charge in [0.25, 0.3) is 0 Å². The molecule has 2 aromatic carbocycles. The fourth-order valence-corrected chi connectivity index (χ4v) is 5.24. The molecule has 1 aliphatic heterocycles. The van der Waals surface area contributed by atoms with Gasteiger partial charge in [-0.2, -0.15) is 5.26 Å². The minimum Gasteiger partial charge on any atom is -0.406 e. The largest absolute Gasteiger partial charge is 0.417 e. The second kappa shape index (κ2) is 7.98. The van der Waals surface area contributed by atoms with Crippen LogP contribution in [-0.4, -0.2) is 42.6 Å². The molecule has 0 aliphatic carbocycles. The molecule has 3 heterocycles. The van der Waals surface area contributed by atoms with E-state index in [9.17, 15) is 4.79 Å². The summed E-state index contributed by atoms with van der Waals surface area (Å²) in [4.78, 5) is 19.1. The summed E-state index contributed by atoms with van der Waals surface area (Å²) in [5.41, 5.74) is 4.47. The zero-order valence-electron chi connectivity index (χ0n) is 16.6. The van der Waals surface area contributed by atoms with Crippen molar-refractivity contribution < 1.29 is 4.42 Å². The number of aromatic nitrogens is 1. The summed E-state index contributed by atoms with van der Waals surface area (Å²) in [7, 11) is 0. The highest BCUT2D eigenvalue weighted by Crippen LogP contribution is 2.28. The molecular formula is C23H22N4O2S. The van der Waals surface area contributed by atoms with E-state index in [4.69, 9.17) is 9.68 Å². The molecule has 0 amide bonds. The maximum absolute atomic E-state index is 11.5. The first-order chi connectivity index (χ1) is 14.7. The van der Waals surface area contributed by atoms with Gasteiger partial charge in [0, 0.05) is 30.9 Å². The topological polar surface area (TPSA) is 76.3 Å². The Hall–Kier alpha value is -3.08. The zero-order chi connectivity index (χ0) is 20.5. The Bertz CT molecular complexity index is 1290. The Morgan fingerprint density at radius 1 is 1.17 bits per heavy atom. The third kappa shape index (κ3) is 3.60. The first kappa shape index (κ1) is 18.9. The van der Waals surface area contributed by atoms with Gasteiger partial charge in [0.05, 0.1) is 22.8 Å². The zero-order valence-corrected chi connectivity index (χ0v) is 17.4. The maximum Gasteiger partial charge on any atom is 0.417 e. The van der Waals surface area contributed by atoms with Gasteiger partial charge in [-0.05, 0) is 66.0 Å². The Kier molecular flexibility index (Phi) is 5.03. The maximum atomic E-state index is 11.5. The van der Waals surface area contributed by atoms with Crippen molar-refractivity contribution in [2.75, 3.05) is 37.6 Å². The number of anilines is 1. The van der Waals surface area contributed by atoms with E-state index in [2.05, 4.69) is 32.3 Å². The van der Waals surface area contributed by atoms with Crippen LogP contribution < -0.4 is 10.7 Å². The number of oxazole rings is 1. The van der Waals surface area contributed by atoms with Crippen LogP contribution in [0.3, 0.4) is 0 Å². The Morgan fingerprint density at radius 3 is 2.87 bits per heavy atom. The highest BCUT2D eigenvalue weighted by Gasteiger charge is 2.20. The minimum atomic E-state index is -0.404. The van der Waals surface area contributed by atoms with Crippen molar-refractivity contribution in [2.24, 2.45) is 0 Å². The van der Waals surface area contributed by atoms with Crippen LogP contribution >= 0.6 is 11.3 Å². The average Bonchev–Trinajstić information content (AvgIpc) is 3.36.